The molecule has 2 rings (SSSR count). The number of benzene rings is 1. The van der Waals surface area contributed by atoms with E-state index in [2.05, 4.69) is 5.32 Å². The van der Waals surface area contributed by atoms with Crippen LogP contribution in [0.15, 0.2) is 30.5 Å². The first-order valence-corrected chi connectivity index (χ1v) is 6.67. The van der Waals surface area contributed by atoms with Gasteiger partial charge in [-0.3, -0.25) is 4.79 Å². The van der Waals surface area contributed by atoms with Gasteiger partial charge in [-0.15, -0.1) is 0 Å². The van der Waals surface area contributed by atoms with Crippen LogP contribution < -0.4 is 5.32 Å². The monoisotopic (exact) mass is 273 g/mol. The molecule has 1 aromatic rings. The van der Waals surface area contributed by atoms with Crippen molar-refractivity contribution in [3.05, 3.63) is 41.6 Å². The number of aryl methyl sites for hydroxylation is 1. The molecule has 0 atom stereocenters. The van der Waals surface area contributed by atoms with Gasteiger partial charge >= 0.3 is 6.03 Å². The average molecular weight is 273 g/mol. The van der Waals surface area contributed by atoms with Crippen LogP contribution in [0.1, 0.15) is 11.1 Å². The first-order chi connectivity index (χ1) is 9.69. The van der Waals surface area contributed by atoms with Gasteiger partial charge in [0.2, 0.25) is 6.41 Å². The molecule has 1 fully saturated rings. The van der Waals surface area contributed by atoms with E-state index in [0.717, 1.165) is 12.0 Å². The molecule has 0 unspecified atom stereocenters. The molecule has 0 aliphatic carbocycles. The minimum Gasteiger partial charge on any atom is -0.342 e. The zero-order valence-electron chi connectivity index (χ0n) is 11.6. The van der Waals surface area contributed by atoms with Crippen molar-refractivity contribution in [2.45, 2.75) is 6.92 Å². The SMILES string of the molecule is Cc1ccc(/C=C/NC(=O)N2CCN(C=O)CC2)cc1. The molecule has 20 heavy (non-hydrogen) atoms. The Hall–Kier alpha value is -2.30. The highest BCUT2D eigenvalue weighted by molar-refractivity contribution is 5.76. The van der Waals surface area contributed by atoms with Crippen LogP contribution in [0.4, 0.5) is 4.79 Å². The first kappa shape index (κ1) is 14.1. The predicted octanol–water partition coefficient (Wildman–Crippen LogP) is 1.45. The number of amides is 3. The minimum atomic E-state index is -0.126. The summed E-state index contributed by atoms with van der Waals surface area (Å²) in [6, 6.07) is 7.93. The maximum atomic E-state index is 11.9. The zero-order chi connectivity index (χ0) is 14.4. The van der Waals surface area contributed by atoms with E-state index < -0.39 is 0 Å². The molecule has 1 heterocycles. The Balaban J connectivity index is 1.80. The molecule has 3 amide bonds. The second kappa shape index (κ2) is 6.75. The van der Waals surface area contributed by atoms with Crippen LogP contribution in [0.25, 0.3) is 6.08 Å². The second-order valence-corrected chi connectivity index (χ2v) is 4.82. The van der Waals surface area contributed by atoms with Crippen LogP contribution >= 0.6 is 0 Å². The molecule has 106 valence electrons. The van der Waals surface area contributed by atoms with Crippen molar-refractivity contribution in [3.8, 4) is 0 Å². The van der Waals surface area contributed by atoms with Gasteiger partial charge in [0.15, 0.2) is 0 Å². The summed E-state index contributed by atoms with van der Waals surface area (Å²) in [5, 5.41) is 2.75. The number of nitrogens with zero attached hydrogens (tertiary/aromatic N) is 2. The molecule has 1 aliphatic heterocycles. The number of nitrogens with one attached hydrogen (secondary N) is 1. The van der Waals surface area contributed by atoms with Gasteiger partial charge in [0.05, 0.1) is 0 Å². The Kier molecular flexibility index (Phi) is 4.76. The minimum absolute atomic E-state index is 0.126. The Morgan fingerprint density at radius 1 is 1.15 bits per heavy atom. The number of hydrogen-bond acceptors (Lipinski definition) is 2. The van der Waals surface area contributed by atoms with Crippen molar-refractivity contribution in [1.82, 2.24) is 15.1 Å². The Morgan fingerprint density at radius 3 is 2.40 bits per heavy atom. The van der Waals surface area contributed by atoms with Crippen LogP contribution in [0, 0.1) is 6.92 Å². The molecule has 0 radical (unpaired) electrons. The van der Waals surface area contributed by atoms with Gasteiger partial charge in [0.25, 0.3) is 0 Å². The highest BCUT2D eigenvalue weighted by Crippen LogP contribution is 2.04. The smallest absolute Gasteiger partial charge is 0.321 e. The van der Waals surface area contributed by atoms with E-state index in [4.69, 9.17) is 0 Å². The molecular weight excluding hydrogens is 254 g/mol. The van der Waals surface area contributed by atoms with Crippen molar-refractivity contribution in [2.24, 2.45) is 0 Å². The van der Waals surface area contributed by atoms with Crippen molar-refractivity contribution < 1.29 is 9.59 Å². The molecular formula is C15H19N3O2. The third-order valence-electron chi connectivity index (χ3n) is 3.31. The summed E-state index contributed by atoms with van der Waals surface area (Å²) in [7, 11) is 0. The number of carbonyl (C=O) groups excluding carboxylic acids is 2. The van der Waals surface area contributed by atoms with Gasteiger partial charge in [-0.25, -0.2) is 4.79 Å². The molecule has 5 nitrogen and oxygen atoms in total. The van der Waals surface area contributed by atoms with E-state index in [1.54, 1.807) is 16.0 Å². The van der Waals surface area contributed by atoms with E-state index in [-0.39, 0.29) is 6.03 Å². The summed E-state index contributed by atoms with van der Waals surface area (Å²) in [5.41, 5.74) is 2.25. The third-order valence-corrected chi connectivity index (χ3v) is 3.31. The number of carbonyl (C=O) groups is 2. The lowest BCUT2D eigenvalue weighted by molar-refractivity contribution is -0.119. The van der Waals surface area contributed by atoms with E-state index in [1.165, 1.54) is 5.56 Å². The number of urea groups is 1. The van der Waals surface area contributed by atoms with Crippen molar-refractivity contribution >= 4 is 18.5 Å². The van der Waals surface area contributed by atoms with E-state index in [1.807, 2.05) is 37.3 Å². The fourth-order valence-electron chi connectivity index (χ4n) is 2.01. The van der Waals surface area contributed by atoms with Gasteiger partial charge in [-0.2, -0.15) is 0 Å². The lowest BCUT2D eigenvalue weighted by Gasteiger charge is -2.32. The molecule has 0 aromatic heterocycles. The predicted molar refractivity (Wildman–Crippen MR) is 78.0 cm³/mol. The summed E-state index contributed by atoms with van der Waals surface area (Å²) in [6.45, 7) is 4.37. The molecule has 1 aliphatic rings. The largest absolute Gasteiger partial charge is 0.342 e. The number of rotatable bonds is 3. The summed E-state index contributed by atoms with van der Waals surface area (Å²) in [5.74, 6) is 0. The fourth-order valence-corrected chi connectivity index (χ4v) is 2.01. The summed E-state index contributed by atoms with van der Waals surface area (Å²) >= 11 is 0. The van der Waals surface area contributed by atoms with Crippen LogP contribution in [-0.4, -0.2) is 48.4 Å². The van der Waals surface area contributed by atoms with E-state index in [0.29, 0.717) is 26.2 Å². The van der Waals surface area contributed by atoms with Crippen LogP contribution in [0.5, 0.6) is 0 Å². The lowest BCUT2D eigenvalue weighted by atomic mass is 10.1. The Bertz CT molecular complexity index is 488. The standard InChI is InChI=1S/C15H19N3O2/c1-13-2-4-14(5-3-13)6-7-16-15(20)18-10-8-17(12-19)9-11-18/h2-7,12H,8-11H2,1H3,(H,16,20)/b7-6+. The van der Waals surface area contributed by atoms with Crippen LogP contribution in [-0.2, 0) is 4.79 Å². The fraction of sp³-hybridized carbons (Fsp3) is 0.333. The Labute approximate surface area is 118 Å². The van der Waals surface area contributed by atoms with E-state index >= 15 is 0 Å². The molecule has 0 saturated carbocycles. The summed E-state index contributed by atoms with van der Waals surface area (Å²) in [6.07, 6.45) is 4.34. The highest BCUT2D eigenvalue weighted by atomic mass is 16.2. The maximum absolute atomic E-state index is 11.9. The van der Waals surface area contributed by atoms with Gasteiger partial charge in [0.1, 0.15) is 0 Å². The molecule has 0 bridgehead atoms. The molecule has 1 aromatic carbocycles. The van der Waals surface area contributed by atoms with Crippen molar-refractivity contribution in [3.63, 3.8) is 0 Å². The van der Waals surface area contributed by atoms with Gasteiger partial charge in [-0.1, -0.05) is 29.8 Å². The molecule has 5 heteroatoms. The average Bonchev–Trinajstić information content (AvgIpc) is 2.49. The molecule has 1 N–H and O–H groups in total. The quantitative estimate of drug-likeness (QED) is 0.847. The van der Waals surface area contributed by atoms with E-state index in [9.17, 15) is 9.59 Å². The van der Waals surface area contributed by atoms with Crippen LogP contribution in [0.3, 0.4) is 0 Å². The Morgan fingerprint density at radius 2 is 1.80 bits per heavy atom. The molecule has 1 saturated heterocycles. The van der Waals surface area contributed by atoms with Gasteiger partial charge in [0, 0.05) is 32.4 Å². The normalized spacial score (nSPS) is 15.4. The number of piperazine rings is 1. The van der Waals surface area contributed by atoms with Crippen LogP contribution in [0.2, 0.25) is 0 Å². The second-order valence-electron chi connectivity index (χ2n) is 4.82. The van der Waals surface area contributed by atoms with Crippen molar-refractivity contribution in [2.75, 3.05) is 26.2 Å². The third kappa shape index (κ3) is 3.85. The number of hydrogen-bond donors (Lipinski definition) is 1. The first-order valence-electron chi connectivity index (χ1n) is 6.67. The summed E-state index contributed by atoms with van der Waals surface area (Å²) in [4.78, 5) is 25.9. The maximum Gasteiger partial charge on any atom is 0.321 e. The van der Waals surface area contributed by atoms with Gasteiger partial charge < -0.3 is 15.1 Å². The highest BCUT2D eigenvalue weighted by Gasteiger charge is 2.18. The lowest BCUT2D eigenvalue weighted by Crippen LogP contribution is -2.50. The topological polar surface area (TPSA) is 52.7 Å². The van der Waals surface area contributed by atoms with Crippen molar-refractivity contribution in [1.29, 1.82) is 0 Å². The molecule has 0 spiro atoms. The zero-order valence-corrected chi connectivity index (χ0v) is 11.6. The van der Waals surface area contributed by atoms with Gasteiger partial charge in [-0.05, 0) is 18.6 Å². The summed E-state index contributed by atoms with van der Waals surface area (Å²) < 4.78 is 0.